The third-order valence-corrected chi connectivity index (χ3v) is 6.18. The number of carbonyl (C=O) groups excluding carboxylic acids is 1. The molecule has 0 saturated heterocycles. The molecule has 0 heterocycles. The lowest BCUT2D eigenvalue weighted by Gasteiger charge is -2.28. The first kappa shape index (κ1) is 22.2. The van der Waals surface area contributed by atoms with Crippen molar-refractivity contribution < 1.29 is 17.4 Å². The number of aryl methyl sites for hydroxylation is 1. The molecular formula is C21H26ClNO4S. The summed E-state index contributed by atoms with van der Waals surface area (Å²) >= 11 is 6.05. The minimum absolute atomic E-state index is 0.0331. The van der Waals surface area contributed by atoms with Crippen LogP contribution < -0.4 is 4.18 Å². The van der Waals surface area contributed by atoms with Crippen molar-refractivity contribution in [1.82, 2.24) is 4.90 Å². The molecular weight excluding hydrogens is 398 g/mol. The number of nitrogens with zero attached hydrogens (tertiary/aromatic N) is 1. The maximum absolute atomic E-state index is 12.6. The van der Waals surface area contributed by atoms with Crippen LogP contribution in [-0.4, -0.2) is 25.3 Å². The van der Waals surface area contributed by atoms with Gasteiger partial charge in [-0.2, -0.15) is 8.42 Å². The van der Waals surface area contributed by atoms with Crippen molar-refractivity contribution in [2.45, 2.75) is 52.1 Å². The third-order valence-electron chi connectivity index (χ3n) is 4.30. The fraction of sp³-hybridized carbons (Fsp3) is 0.381. The second kappa shape index (κ2) is 8.97. The number of carbonyl (C=O) groups is 1. The number of amides is 1. The fourth-order valence-electron chi connectivity index (χ4n) is 2.80. The largest absolute Gasteiger partial charge is 0.379 e. The van der Waals surface area contributed by atoms with Gasteiger partial charge in [0.05, 0.1) is 5.02 Å². The van der Waals surface area contributed by atoms with Gasteiger partial charge in [0.1, 0.15) is 10.6 Å². The first-order valence-corrected chi connectivity index (χ1v) is 10.9. The van der Waals surface area contributed by atoms with Gasteiger partial charge in [-0.1, -0.05) is 49.7 Å². The molecule has 0 fully saturated rings. The number of hydrogen-bond donors (Lipinski definition) is 0. The summed E-state index contributed by atoms with van der Waals surface area (Å²) < 4.78 is 30.4. The topological polar surface area (TPSA) is 63.7 Å². The van der Waals surface area contributed by atoms with Crippen LogP contribution in [0.5, 0.6) is 5.75 Å². The molecule has 5 nitrogen and oxygen atoms in total. The van der Waals surface area contributed by atoms with Crippen LogP contribution in [0, 0.1) is 12.8 Å². The van der Waals surface area contributed by atoms with Gasteiger partial charge < -0.3 is 9.08 Å². The molecule has 0 aliphatic heterocycles. The summed E-state index contributed by atoms with van der Waals surface area (Å²) in [6.07, 6.45) is 0. The smallest absolute Gasteiger partial charge is 0.340 e. The van der Waals surface area contributed by atoms with E-state index in [0.29, 0.717) is 12.1 Å². The zero-order valence-corrected chi connectivity index (χ0v) is 18.3. The predicted octanol–water partition coefficient (Wildman–Crippen LogP) is 4.81. The molecule has 0 spiro atoms. The van der Waals surface area contributed by atoms with Crippen LogP contribution in [0.15, 0.2) is 47.4 Å². The van der Waals surface area contributed by atoms with Crippen LogP contribution in [0.2, 0.25) is 5.02 Å². The summed E-state index contributed by atoms with van der Waals surface area (Å²) in [5, 5.41) is 0.122. The molecule has 7 heteroatoms. The van der Waals surface area contributed by atoms with Crippen LogP contribution in [0.1, 0.15) is 38.8 Å². The van der Waals surface area contributed by atoms with Gasteiger partial charge in [0.15, 0.2) is 0 Å². The highest BCUT2D eigenvalue weighted by atomic mass is 35.5. The van der Waals surface area contributed by atoms with Crippen molar-refractivity contribution in [3.8, 4) is 5.75 Å². The van der Waals surface area contributed by atoms with Crippen molar-refractivity contribution >= 4 is 27.6 Å². The Labute approximate surface area is 172 Å². The maximum Gasteiger partial charge on any atom is 0.340 e. The first-order chi connectivity index (χ1) is 13.0. The number of rotatable bonds is 7. The van der Waals surface area contributed by atoms with Gasteiger partial charge in [-0.25, -0.2) is 0 Å². The maximum atomic E-state index is 12.6. The fourth-order valence-corrected chi connectivity index (χ4v) is 4.52. The Kier molecular flexibility index (Phi) is 7.12. The summed E-state index contributed by atoms with van der Waals surface area (Å²) in [6.45, 7) is 9.79. The molecule has 0 unspecified atom stereocenters. The Bertz CT molecular complexity index is 917. The second-order valence-electron chi connectivity index (χ2n) is 7.28. The number of halogens is 1. The van der Waals surface area contributed by atoms with E-state index in [4.69, 9.17) is 15.8 Å². The quantitative estimate of drug-likeness (QED) is 0.599. The van der Waals surface area contributed by atoms with E-state index in [-0.39, 0.29) is 33.5 Å². The van der Waals surface area contributed by atoms with Gasteiger partial charge in [-0.3, -0.25) is 4.79 Å². The van der Waals surface area contributed by atoms with Crippen LogP contribution in [0.3, 0.4) is 0 Å². The molecule has 0 aliphatic rings. The zero-order valence-electron chi connectivity index (χ0n) is 16.8. The van der Waals surface area contributed by atoms with Crippen LogP contribution in [0.25, 0.3) is 0 Å². The van der Waals surface area contributed by atoms with Gasteiger partial charge in [-0.15, -0.1) is 0 Å². The van der Waals surface area contributed by atoms with Gasteiger partial charge >= 0.3 is 10.1 Å². The molecule has 152 valence electrons. The lowest BCUT2D eigenvalue weighted by molar-refractivity contribution is -0.136. The SMILES string of the molecule is Cc1cccc(Cl)c1S(=O)(=O)Oc1ccc(CN(C(=O)C(C)C)C(C)C)cc1. The van der Waals surface area contributed by atoms with Crippen molar-refractivity contribution in [1.29, 1.82) is 0 Å². The first-order valence-electron chi connectivity index (χ1n) is 9.12. The lowest BCUT2D eigenvalue weighted by atomic mass is 10.1. The minimum Gasteiger partial charge on any atom is -0.379 e. The van der Waals surface area contributed by atoms with Crippen LogP contribution >= 0.6 is 11.6 Å². The Hall–Kier alpha value is -2.05. The van der Waals surface area contributed by atoms with Gasteiger partial charge in [0.25, 0.3) is 0 Å². The highest BCUT2D eigenvalue weighted by Gasteiger charge is 2.23. The number of benzene rings is 2. The average Bonchev–Trinajstić information content (AvgIpc) is 2.59. The Morgan fingerprint density at radius 1 is 1.07 bits per heavy atom. The highest BCUT2D eigenvalue weighted by molar-refractivity contribution is 7.87. The van der Waals surface area contributed by atoms with Crippen molar-refractivity contribution in [3.05, 3.63) is 58.6 Å². The Morgan fingerprint density at radius 2 is 1.68 bits per heavy atom. The summed E-state index contributed by atoms with van der Waals surface area (Å²) in [5.74, 6) is 0.176. The normalized spacial score (nSPS) is 11.7. The van der Waals surface area contributed by atoms with E-state index in [1.807, 2.05) is 27.7 Å². The Balaban J connectivity index is 2.19. The molecule has 0 radical (unpaired) electrons. The van der Waals surface area contributed by atoms with E-state index < -0.39 is 10.1 Å². The van der Waals surface area contributed by atoms with Gasteiger partial charge in [0, 0.05) is 18.5 Å². The molecule has 0 bridgehead atoms. The van der Waals surface area contributed by atoms with E-state index in [2.05, 4.69) is 0 Å². The van der Waals surface area contributed by atoms with E-state index in [9.17, 15) is 13.2 Å². The molecule has 2 rings (SSSR count). The van der Waals surface area contributed by atoms with Crippen molar-refractivity contribution in [2.24, 2.45) is 5.92 Å². The van der Waals surface area contributed by atoms with Gasteiger partial charge in [0.2, 0.25) is 5.91 Å². The lowest BCUT2D eigenvalue weighted by Crippen LogP contribution is -2.38. The Morgan fingerprint density at radius 3 is 2.18 bits per heavy atom. The van der Waals surface area contributed by atoms with Crippen molar-refractivity contribution in [2.75, 3.05) is 0 Å². The van der Waals surface area contributed by atoms with Gasteiger partial charge in [-0.05, 0) is 50.1 Å². The van der Waals surface area contributed by atoms with Crippen LogP contribution in [0.4, 0.5) is 0 Å². The van der Waals surface area contributed by atoms with Crippen molar-refractivity contribution in [3.63, 3.8) is 0 Å². The standard InChI is InChI=1S/C21H26ClNO4S/c1-14(2)21(24)23(15(3)4)13-17-9-11-18(12-10-17)27-28(25,26)20-16(5)7-6-8-19(20)22/h6-12,14-15H,13H2,1-5H3. The summed E-state index contributed by atoms with van der Waals surface area (Å²) in [7, 11) is -4.05. The molecule has 2 aromatic carbocycles. The molecule has 0 aliphatic carbocycles. The predicted molar refractivity (Wildman–Crippen MR) is 111 cm³/mol. The summed E-state index contributed by atoms with van der Waals surface area (Å²) in [4.78, 5) is 14.1. The second-order valence-corrected chi connectivity index (χ2v) is 9.17. The molecule has 0 N–H and O–H groups in total. The summed E-state index contributed by atoms with van der Waals surface area (Å²) in [6, 6.07) is 11.6. The van der Waals surface area contributed by atoms with E-state index in [1.165, 1.54) is 6.07 Å². The number of hydrogen-bond acceptors (Lipinski definition) is 4. The molecule has 28 heavy (non-hydrogen) atoms. The van der Waals surface area contributed by atoms with E-state index in [0.717, 1.165) is 5.56 Å². The summed E-state index contributed by atoms with van der Waals surface area (Å²) in [5.41, 5.74) is 1.41. The average molecular weight is 424 g/mol. The monoisotopic (exact) mass is 423 g/mol. The van der Waals surface area contributed by atoms with Crippen LogP contribution in [-0.2, 0) is 21.5 Å². The zero-order chi connectivity index (χ0) is 21.1. The third kappa shape index (κ3) is 5.26. The molecule has 2 aromatic rings. The molecule has 0 aromatic heterocycles. The highest BCUT2D eigenvalue weighted by Crippen LogP contribution is 2.28. The van der Waals surface area contributed by atoms with E-state index >= 15 is 0 Å². The molecule has 1 amide bonds. The van der Waals surface area contributed by atoms with E-state index in [1.54, 1.807) is 48.2 Å². The molecule has 0 saturated carbocycles. The minimum atomic E-state index is -4.05. The molecule has 0 atom stereocenters.